The molecule has 1 amide bonds. The molecular weight excluding hydrogens is 278 g/mol. The molecule has 0 aliphatic carbocycles. The summed E-state index contributed by atoms with van der Waals surface area (Å²) in [4.78, 5) is 11.3. The van der Waals surface area contributed by atoms with E-state index < -0.39 is 15.9 Å². The maximum atomic E-state index is 11.3. The van der Waals surface area contributed by atoms with Crippen molar-refractivity contribution in [3.05, 3.63) is 24.3 Å². The Balaban J connectivity index is 3.50. The van der Waals surface area contributed by atoms with E-state index in [0.29, 0.717) is 6.42 Å². The van der Waals surface area contributed by atoms with E-state index in [1.54, 1.807) is 0 Å². The normalized spacial score (nSPS) is 12.3. The molecule has 0 saturated carbocycles. The van der Waals surface area contributed by atoms with E-state index in [1.807, 2.05) is 6.08 Å². The van der Waals surface area contributed by atoms with Crippen LogP contribution >= 0.6 is 0 Å². The number of hydrogen-bond donors (Lipinski definition) is 2. The monoisotopic (exact) mass is 303 g/mol. The predicted molar refractivity (Wildman–Crippen MR) is 81.1 cm³/mol. The topological polar surface area (TPSA) is 83.5 Å². The van der Waals surface area contributed by atoms with Crippen molar-refractivity contribution in [2.24, 2.45) is 0 Å². The quantitative estimate of drug-likeness (QED) is 0.349. The predicted octanol–water partition coefficient (Wildman–Crippen LogP) is 2.46. The van der Waals surface area contributed by atoms with Crippen LogP contribution in [-0.4, -0.2) is 31.2 Å². The minimum absolute atomic E-state index is 0.0459. The van der Waals surface area contributed by atoms with Crippen molar-refractivity contribution in [3.8, 4) is 0 Å². The molecule has 0 heterocycles. The van der Waals surface area contributed by atoms with Gasteiger partial charge in [0.25, 0.3) is 10.1 Å². The number of unbranched alkanes of at least 4 members (excludes halogenated alkanes) is 2. The van der Waals surface area contributed by atoms with Gasteiger partial charge in [-0.3, -0.25) is 9.35 Å². The highest BCUT2D eigenvalue weighted by molar-refractivity contribution is 7.85. The number of carbonyl (C=O) groups is 1. The summed E-state index contributed by atoms with van der Waals surface area (Å²) in [6.07, 6.45) is 13.5. The molecule has 0 bridgehead atoms. The maximum absolute atomic E-state index is 11.3. The fraction of sp³-hybridized carbons (Fsp3) is 0.643. The fourth-order valence-corrected chi connectivity index (χ4v) is 1.82. The smallest absolute Gasteiger partial charge is 0.266 e. The molecule has 0 radical (unpaired) electrons. The van der Waals surface area contributed by atoms with Crippen LogP contribution in [0, 0.1) is 0 Å². The van der Waals surface area contributed by atoms with Crippen molar-refractivity contribution in [1.82, 2.24) is 5.32 Å². The summed E-state index contributed by atoms with van der Waals surface area (Å²) in [5, 5.41) is 2.45. The zero-order valence-corrected chi connectivity index (χ0v) is 12.9. The molecule has 0 unspecified atom stereocenters. The van der Waals surface area contributed by atoms with Gasteiger partial charge in [-0.2, -0.15) is 8.42 Å². The molecule has 0 aromatic heterocycles. The molecule has 0 atom stereocenters. The highest BCUT2D eigenvalue weighted by Crippen LogP contribution is 1.99. The summed E-state index contributed by atoms with van der Waals surface area (Å²) in [7, 11) is -3.99. The number of hydrogen-bond acceptors (Lipinski definition) is 3. The van der Waals surface area contributed by atoms with Crippen LogP contribution in [0.4, 0.5) is 0 Å². The number of allylic oxidation sites excluding steroid dienone is 4. The molecule has 116 valence electrons. The fourth-order valence-electron chi connectivity index (χ4n) is 1.46. The second-order valence-corrected chi connectivity index (χ2v) is 6.07. The molecule has 2 N–H and O–H groups in total. The van der Waals surface area contributed by atoms with Gasteiger partial charge in [-0.25, -0.2) is 0 Å². The number of nitrogens with one attached hydrogen (secondary N) is 1. The Kier molecular flexibility index (Phi) is 11.0. The third-order valence-corrected chi connectivity index (χ3v) is 3.24. The number of carbonyl (C=O) groups excluding carboxylic acids is 1. The van der Waals surface area contributed by atoms with E-state index in [9.17, 15) is 13.2 Å². The van der Waals surface area contributed by atoms with Crippen molar-refractivity contribution in [3.63, 3.8) is 0 Å². The standard InChI is InChI=1S/C14H25NO4S/c1-2-3-4-5-6-7-8-9-10-11-14(16)15-12-13-20(17,18)19/h4-5,7-8H,2-3,6,9-13H2,1H3,(H,15,16)(H,17,18,19)/b5-4-,8-7-. The third-order valence-electron chi connectivity index (χ3n) is 2.52. The van der Waals surface area contributed by atoms with Crippen molar-refractivity contribution in [2.45, 2.75) is 45.4 Å². The molecule has 0 fully saturated rings. The molecule has 0 spiro atoms. The van der Waals surface area contributed by atoms with Gasteiger partial charge < -0.3 is 5.32 Å². The highest BCUT2D eigenvalue weighted by Gasteiger charge is 2.05. The van der Waals surface area contributed by atoms with Crippen molar-refractivity contribution >= 4 is 16.0 Å². The lowest BCUT2D eigenvalue weighted by Gasteiger charge is -2.02. The van der Waals surface area contributed by atoms with E-state index in [-0.39, 0.29) is 12.5 Å². The first-order valence-electron chi connectivity index (χ1n) is 6.97. The van der Waals surface area contributed by atoms with E-state index in [2.05, 4.69) is 30.5 Å². The molecule has 0 saturated heterocycles. The molecule has 0 rings (SSSR count). The van der Waals surface area contributed by atoms with E-state index in [4.69, 9.17) is 4.55 Å². The summed E-state index contributed by atoms with van der Waals surface area (Å²) >= 11 is 0. The van der Waals surface area contributed by atoms with Crippen LogP contribution in [0.2, 0.25) is 0 Å². The Morgan fingerprint density at radius 1 is 1.15 bits per heavy atom. The molecule has 0 aliphatic rings. The van der Waals surface area contributed by atoms with Gasteiger partial charge >= 0.3 is 0 Å². The van der Waals surface area contributed by atoms with Crippen molar-refractivity contribution in [2.75, 3.05) is 12.3 Å². The van der Waals surface area contributed by atoms with Gasteiger partial charge in [-0.05, 0) is 25.7 Å². The van der Waals surface area contributed by atoms with E-state index in [0.717, 1.165) is 32.1 Å². The molecule has 0 aromatic rings. The zero-order valence-electron chi connectivity index (χ0n) is 12.0. The lowest BCUT2D eigenvalue weighted by Crippen LogP contribution is -2.28. The second kappa shape index (κ2) is 11.7. The first kappa shape index (κ1) is 18.9. The number of rotatable bonds is 11. The van der Waals surface area contributed by atoms with Gasteiger partial charge in [0.15, 0.2) is 0 Å². The Bertz CT molecular complexity index is 413. The van der Waals surface area contributed by atoms with Crippen molar-refractivity contribution < 1.29 is 17.8 Å². The average molecular weight is 303 g/mol. The summed E-state index contributed by atoms with van der Waals surface area (Å²) < 4.78 is 29.3. The summed E-state index contributed by atoms with van der Waals surface area (Å²) in [5.41, 5.74) is 0. The van der Waals surface area contributed by atoms with Crippen LogP contribution in [0.25, 0.3) is 0 Å². The molecule has 5 nitrogen and oxygen atoms in total. The lowest BCUT2D eigenvalue weighted by molar-refractivity contribution is -0.121. The second-order valence-electron chi connectivity index (χ2n) is 4.50. The average Bonchev–Trinajstić information content (AvgIpc) is 2.35. The first-order valence-corrected chi connectivity index (χ1v) is 8.58. The van der Waals surface area contributed by atoms with Crippen LogP contribution < -0.4 is 5.32 Å². The highest BCUT2D eigenvalue weighted by atomic mass is 32.2. The van der Waals surface area contributed by atoms with Gasteiger partial charge in [0, 0.05) is 13.0 Å². The summed E-state index contributed by atoms with van der Waals surface area (Å²) in [6.45, 7) is 2.09. The van der Waals surface area contributed by atoms with Gasteiger partial charge in [0.05, 0.1) is 5.75 Å². The van der Waals surface area contributed by atoms with Gasteiger partial charge in [0.1, 0.15) is 0 Å². The molecule has 0 aliphatic heterocycles. The molecule has 0 aromatic carbocycles. The van der Waals surface area contributed by atoms with E-state index >= 15 is 0 Å². The minimum atomic E-state index is -3.99. The van der Waals surface area contributed by atoms with Crippen LogP contribution in [-0.2, 0) is 14.9 Å². The third kappa shape index (κ3) is 14.9. The lowest BCUT2D eigenvalue weighted by atomic mass is 10.2. The summed E-state index contributed by atoms with van der Waals surface area (Å²) in [6, 6.07) is 0. The molecule has 6 heteroatoms. The largest absolute Gasteiger partial charge is 0.355 e. The van der Waals surface area contributed by atoms with Gasteiger partial charge in [-0.1, -0.05) is 37.6 Å². The van der Waals surface area contributed by atoms with E-state index in [1.165, 1.54) is 0 Å². The van der Waals surface area contributed by atoms with Gasteiger partial charge in [0.2, 0.25) is 5.91 Å². The SMILES string of the molecule is CCC/C=C\C/C=C\CCCC(=O)NCCS(=O)(=O)O. The Morgan fingerprint density at radius 3 is 2.40 bits per heavy atom. The van der Waals surface area contributed by atoms with Crippen LogP contribution in [0.5, 0.6) is 0 Å². The van der Waals surface area contributed by atoms with Crippen LogP contribution in [0.1, 0.15) is 45.4 Å². The maximum Gasteiger partial charge on any atom is 0.266 e. The Morgan fingerprint density at radius 2 is 1.80 bits per heavy atom. The Hall–Kier alpha value is -1.14. The summed E-state index contributed by atoms with van der Waals surface area (Å²) in [5.74, 6) is -0.632. The van der Waals surface area contributed by atoms with Gasteiger partial charge in [-0.15, -0.1) is 0 Å². The van der Waals surface area contributed by atoms with Crippen LogP contribution in [0.15, 0.2) is 24.3 Å². The van der Waals surface area contributed by atoms with Crippen molar-refractivity contribution in [1.29, 1.82) is 0 Å². The Labute approximate surface area is 121 Å². The minimum Gasteiger partial charge on any atom is -0.355 e. The number of amides is 1. The molecule has 20 heavy (non-hydrogen) atoms. The zero-order chi connectivity index (χ0) is 15.3. The first-order chi connectivity index (χ1) is 9.45. The van der Waals surface area contributed by atoms with Crippen LogP contribution in [0.3, 0.4) is 0 Å². The molecular formula is C14H25NO4S.